The lowest BCUT2D eigenvalue weighted by atomic mass is 9.65. The van der Waals surface area contributed by atoms with Crippen LogP contribution in [0, 0.1) is 5.92 Å². The average Bonchev–Trinajstić information content (AvgIpc) is 4.20. The summed E-state index contributed by atoms with van der Waals surface area (Å²) in [7, 11) is 0. The molecule has 0 saturated carbocycles. The molecule has 0 N–H and O–H groups in total. The predicted octanol–water partition coefficient (Wildman–Crippen LogP) is 17.2. The van der Waals surface area contributed by atoms with Gasteiger partial charge in [-0.2, -0.15) is 0 Å². The SMILES string of the molecule is C1=CC2c3ccccc3C3(c4ccccc4-c4ccc(N(c5cccc(-c6ccc7c(c6)oc6ccccc67)c5)c5cccc6c5-c5ccccc5C65c6ccccc6-c6ccccc65)cc43)C2C=C1. The molecule has 0 amide bonds. The van der Waals surface area contributed by atoms with E-state index in [4.69, 9.17) is 4.42 Å². The van der Waals surface area contributed by atoms with Crippen molar-refractivity contribution in [1.82, 2.24) is 0 Å². The van der Waals surface area contributed by atoms with E-state index < -0.39 is 5.41 Å². The zero-order chi connectivity index (χ0) is 45.7. The van der Waals surface area contributed by atoms with E-state index in [0.29, 0.717) is 0 Å². The Morgan fingerprint density at radius 3 is 1.77 bits per heavy atom. The van der Waals surface area contributed by atoms with Crippen molar-refractivity contribution in [1.29, 1.82) is 0 Å². The molecule has 2 nitrogen and oxygen atoms in total. The standard InChI is InChI=1S/C68H43NO/c1-8-26-55-46(19-1)47-20-2-9-27-56(47)67(55)60-31-13-6-25-54(60)66-61(67)32-16-33-63(66)69(44-18-15-17-42(39-44)43-35-37-53-52-24-7-14-34-64(52)70-65(53)40-43)45-36-38-51-50-23-5-12-30-59(50)68(62(51)41-45)57-28-10-3-21-48(57)49-22-4-11-29-58(49)68/h1-41,48,57H. The number of allylic oxidation sites excluding steroid dienone is 4. The van der Waals surface area contributed by atoms with Gasteiger partial charge in [0.15, 0.2) is 0 Å². The van der Waals surface area contributed by atoms with Crippen LogP contribution in [0.5, 0.6) is 0 Å². The van der Waals surface area contributed by atoms with Gasteiger partial charge in [-0.1, -0.05) is 200 Å². The molecule has 11 aromatic rings. The molecule has 3 atom stereocenters. The maximum Gasteiger partial charge on any atom is 0.136 e. The summed E-state index contributed by atoms with van der Waals surface area (Å²) >= 11 is 0. The van der Waals surface area contributed by atoms with Crippen molar-refractivity contribution in [3.8, 4) is 44.5 Å². The van der Waals surface area contributed by atoms with Crippen molar-refractivity contribution in [3.63, 3.8) is 0 Å². The molecule has 5 aliphatic rings. The van der Waals surface area contributed by atoms with Gasteiger partial charge in [-0.15, -0.1) is 0 Å². The van der Waals surface area contributed by atoms with E-state index in [1.54, 1.807) is 0 Å². The molecule has 0 saturated heterocycles. The first-order valence-corrected chi connectivity index (χ1v) is 24.7. The van der Waals surface area contributed by atoms with Crippen LogP contribution in [0.1, 0.15) is 50.4 Å². The normalized spacial score (nSPS) is 18.6. The van der Waals surface area contributed by atoms with Gasteiger partial charge >= 0.3 is 0 Å². The van der Waals surface area contributed by atoms with E-state index in [2.05, 4.69) is 248 Å². The molecular formula is C68H43NO. The molecule has 5 aliphatic carbocycles. The van der Waals surface area contributed by atoms with E-state index in [-0.39, 0.29) is 17.3 Å². The third-order valence-electron chi connectivity index (χ3n) is 16.8. The van der Waals surface area contributed by atoms with E-state index >= 15 is 0 Å². The first-order chi connectivity index (χ1) is 34.7. The van der Waals surface area contributed by atoms with Gasteiger partial charge in [-0.05, 0) is 132 Å². The monoisotopic (exact) mass is 889 g/mol. The molecule has 3 unspecified atom stereocenters. The summed E-state index contributed by atoms with van der Waals surface area (Å²) in [5, 5.41) is 2.27. The Morgan fingerprint density at radius 1 is 0.371 bits per heavy atom. The highest BCUT2D eigenvalue weighted by Gasteiger charge is 2.57. The van der Waals surface area contributed by atoms with Crippen LogP contribution in [0.15, 0.2) is 253 Å². The Hall–Kier alpha value is -8.72. The number of hydrogen-bond acceptors (Lipinski definition) is 2. The minimum absolute atomic E-state index is 0.229. The Bertz CT molecular complexity index is 4080. The van der Waals surface area contributed by atoms with Gasteiger partial charge < -0.3 is 9.32 Å². The van der Waals surface area contributed by atoms with Crippen LogP contribution in [-0.4, -0.2) is 0 Å². The molecule has 10 aromatic carbocycles. The number of anilines is 3. The number of para-hydroxylation sites is 1. The number of fused-ring (bicyclic) bond motifs is 23. The van der Waals surface area contributed by atoms with Crippen molar-refractivity contribution in [2.45, 2.75) is 16.7 Å². The van der Waals surface area contributed by atoms with Crippen LogP contribution in [0.4, 0.5) is 17.1 Å². The zero-order valence-corrected chi connectivity index (χ0v) is 38.2. The smallest absolute Gasteiger partial charge is 0.136 e. The highest BCUT2D eigenvalue weighted by atomic mass is 16.3. The molecule has 70 heavy (non-hydrogen) atoms. The number of nitrogens with zero attached hydrogens (tertiary/aromatic N) is 1. The Balaban J connectivity index is 0.971. The summed E-state index contributed by atoms with van der Waals surface area (Å²) in [5.41, 5.74) is 25.3. The van der Waals surface area contributed by atoms with Crippen LogP contribution in [0.25, 0.3) is 66.4 Å². The van der Waals surface area contributed by atoms with Crippen LogP contribution in [-0.2, 0) is 10.8 Å². The maximum absolute atomic E-state index is 6.47. The topological polar surface area (TPSA) is 16.4 Å². The number of rotatable bonds is 4. The molecule has 16 rings (SSSR count). The van der Waals surface area contributed by atoms with E-state index in [0.717, 1.165) is 50.1 Å². The van der Waals surface area contributed by atoms with E-state index in [1.165, 1.54) is 77.9 Å². The van der Waals surface area contributed by atoms with Crippen LogP contribution in [0.3, 0.4) is 0 Å². The Labute approximate surface area is 406 Å². The Morgan fingerprint density at radius 2 is 0.957 bits per heavy atom. The lowest BCUT2D eigenvalue weighted by Gasteiger charge is -2.37. The summed E-state index contributed by atoms with van der Waals surface area (Å²) in [6.07, 6.45) is 9.45. The van der Waals surface area contributed by atoms with Gasteiger partial charge in [0.2, 0.25) is 0 Å². The van der Waals surface area contributed by atoms with Gasteiger partial charge in [0.05, 0.1) is 16.5 Å². The molecule has 2 spiro atoms. The zero-order valence-electron chi connectivity index (χ0n) is 38.2. The van der Waals surface area contributed by atoms with Crippen LogP contribution in [0.2, 0.25) is 0 Å². The summed E-state index contributed by atoms with van der Waals surface area (Å²) < 4.78 is 6.47. The van der Waals surface area contributed by atoms with Gasteiger partial charge in [-0.3, -0.25) is 0 Å². The molecule has 1 aromatic heterocycles. The summed E-state index contributed by atoms with van der Waals surface area (Å²) in [4.78, 5) is 2.57. The Kier molecular flexibility index (Phi) is 7.62. The number of hydrogen-bond donors (Lipinski definition) is 0. The summed E-state index contributed by atoms with van der Waals surface area (Å²) in [5.74, 6) is 0.510. The fraction of sp³-hybridized carbons (Fsp3) is 0.0588. The first kappa shape index (κ1) is 38.3. The average molecular weight is 890 g/mol. The lowest BCUT2D eigenvalue weighted by Crippen LogP contribution is -2.33. The fourth-order valence-electron chi connectivity index (χ4n) is 14.2. The second-order valence-electron chi connectivity index (χ2n) is 19.8. The first-order valence-electron chi connectivity index (χ1n) is 24.7. The van der Waals surface area contributed by atoms with Crippen molar-refractivity contribution < 1.29 is 4.42 Å². The molecule has 0 aliphatic heterocycles. The van der Waals surface area contributed by atoms with E-state index in [9.17, 15) is 0 Å². The summed E-state index contributed by atoms with van der Waals surface area (Å²) in [6, 6.07) is 84.4. The fourth-order valence-corrected chi connectivity index (χ4v) is 14.2. The van der Waals surface area contributed by atoms with Gasteiger partial charge in [0, 0.05) is 39.5 Å². The van der Waals surface area contributed by atoms with Crippen molar-refractivity contribution >= 4 is 39.0 Å². The maximum atomic E-state index is 6.47. The molecule has 326 valence electrons. The van der Waals surface area contributed by atoms with Crippen molar-refractivity contribution in [2.24, 2.45) is 5.92 Å². The quantitative estimate of drug-likeness (QED) is 0.175. The largest absolute Gasteiger partial charge is 0.456 e. The molecular weight excluding hydrogens is 847 g/mol. The predicted molar refractivity (Wildman–Crippen MR) is 286 cm³/mol. The van der Waals surface area contributed by atoms with Crippen LogP contribution < -0.4 is 4.90 Å². The highest BCUT2D eigenvalue weighted by Crippen LogP contribution is 2.67. The third-order valence-corrected chi connectivity index (χ3v) is 16.8. The minimum Gasteiger partial charge on any atom is -0.456 e. The number of furan rings is 1. The van der Waals surface area contributed by atoms with Gasteiger partial charge in [-0.25, -0.2) is 0 Å². The molecule has 0 bridgehead atoms. The number of benzene rings is 10. The molecule has 0 radical (unpaired) electrons. The lowest BCUT2D eigenvalue weighted by molar-refractivity contribution is 0.465. The summed E-state index contributed by atoms with van der Waals surface area (Å²) in [6.45, 7) is 0. The molecule has 1 heterocycles. The van der Waals surface area contributed by atoms with E-state index in [1.807, 2.05) is 6.07 Å². The molecule has 0 fully saturated rings. The molecule has 2 heteroatoms. The second-order valence-corrected chi connectivity index (χ2v) is 19.8. The highest BCUT2D eigenvalue weighted by molar-refractivity contribution is 6.06. The van der Waals surface area contributed by atoms with Gasteiger partial charge in [0.25, 0.3) is 0 Å². The minimum atomic E-state index is -0.475. The van der Waals surface area contributed by atoms with Crippen molar-refractivity contribution in [2.75, 3.05) is 4.90 Å². The van der Waals surface area contributed by atoms with Gasteiger partial charge in [0.1, 0.15) is 11.2 Å². The third kappa shape index (κ3) is 4.73. The van der Waals surface area contributed by atoms with Crippen LogP contribution >= 0.6 is 0 Å². The van der Waals surface area contributed by atoms with Crippen molar-refractivity contribution in [3.05, 3.63) is 293 Å². The second kappa shape index (κ2) is 13.9.